The number of benzene rings is 1. The second-order valence-corrected chi connectivity index (χ2v) is 12.5. The minimum Gasteiger partial charge on any atom is -0.508 e. The Labute approximate surface area is 212 Å². The van der Waals surface area contributed by atoms with E-state index in [9.17, 15) is 5.11 Å². The molecule has 1 N–H and O–H groups in total. The molecule has 0 spiro atoms. The molecule has 0 amide bonds. The second-order valence-electron chi connectivity index (χ2n) is 9.90. The van der Waals surface area contributed by atoms with Gasteiger partial charge in [0.05, 0.1) is 0 Å². The van der Waals surface area contributed by atoms with E-state index >= 15 is 0 Å². The minimum atomic E-state index is 0.127. The van der Waals surface area contributed by atoms with Crippen LogP contribution in [-0.4, -0.2) is 9.93 Å². The largest absolute Gasteiger partial charge is 0.508 e. The first-order chi connectivity index (χ1) is 14.1. The summed E-state index contributed by atoms with van der Waals surface area (Å²) < 4.78 is 3.32. The monoisotopic (exact) mass is 646 g/mol. The maximum absolute atomic E-state index is 10.5. The normalized spacial score (nSPS) is 32.5. The van der Waals surface area contributed by atoms with Gasteiger partial charge in [-0.3, -0.25) is 0 Å². The van der Waals surface area contributed by atoms with Gasteiger partial charge < -0.3 is 5.11 Å². The lowest BCUT2D eigenvalue weighted by atomic mass is 9.59. The molecule has 1 nitrogen and oxygen atoms in total. The number of alkyl halides is 1. The van der Waals surface area contributed by atoms with E-state index < -0.39 is 0 Å². The lowest BCUT2D eigenvalue weighted by Crippen LogP contribution is -2.43. The third-order valence-electron chi connectivity index (χ3n) is 7.54. The van der Waals surface area contributed by atoms with Gasteiger partial charge in [0, 0.05) is 9.30 Å². The zero-order chi connectivity index (χ0) is 22.1. The number of halogens is 3. The van der Waals surface area contributed by atoms with Crippen molar-refractivity contribution in [3.8, 4) is 5.75 Å². The van der Waals surface area contributed by atoms with Gasteiger partial charge in [-0.1, -0.05) is 105 Å². The predicted octanol–water partition coefficient (Wildman–Crippen LogP) is 9.13. The first-order valence-corrected chi connectivity index (χ1v) is 13.8. The van der Waals surface area contributed by atoms with Gasteiger partial charge in [-0.2, -0.15) is 0 Å². The molecule has 4 heteroatoms. The summed E-state index contributed by atoms with van der Waals surface area (Å²) in [5.74, 6) is 1.33. The number of aromatic hydroxyl groups is 1. The Morgan fingerprint density at radius 3 is 2.67 bits per heavy atom. The van der Waals surface area contributed by atoms with Gasteiger partial charge >= 0.3 is 0 Å². The number of hydrogen-bond acceptors (Lipinski definition) is 1. The van der Waals surface area contributed by atoms with Crippen LogP contribution in [0.5, 0.6) is 5.75 Å². The van der Waals surface area contributed by atoms with Crippen molar-refractivity contribution < 1.29 is 5.11 Å². The smallest absolute Gasteiger partial charge is 0.118 e. The predicted molar refractivity (Wildman–Crippen MR) is 145 cm³/mol. The van der Waals surface area contributed by atoms with Crippen LogP contribution in [0.1, 0.15) is 58.4 Å². The molecule has 0 radical (unpaired) electrons. The molecule has 1 aromatic carbocycles. The second kappa shape index (κ2) is 9.82. The van der Waals surface area contributed by atoms with Gasteiger partial charge in [0.25, 0.3) is 0 Å². The summed E-state index contributed by atoms with van der Waals surface area (Å²) in [6.07, 6.45) is 11.1. The molecule has 0 saturated heterocycles. The lowest BCUT2D eigenvalue weighted by Gasteiger charge is -2.49. The molecule has 1 fully saturated rings. The summed E-state index contributed by atoms with van der Waals surface area (Å²) in [6.45, 7) is 11.6. The quantitative estimate of drug-likeness (QED) is 0.192. The number of hydrogen-bond donors (Lipinski definition) is 1. The van der Waals surface area contributed by atoms with E-state index in [0.29, 0.717) is 22.4 Å². The van der Waals surface area contributed by atoms with E-state index in [0.717, 1.165) is 42.1 Å². The van der Waals surface area contributed by atoms with Crippen LogP contribution in [0.3, 0.4) is 0 Å². The molecule has 1 aromatic rings. The Kier molecular flexibility index (Phi) is 8.05. The molecule has 30 heavy (non-hydrogen) atoms. The van der Waals surface area contributed by atoms with E-state index in [4.69, 9.17) is 0 Å². The highest BCUT2D eigenvalue weighted by molar-refractivity contribution is 14.1. The topological polar surface area (TPSA) is 20.2 Å². The Bertz CT molecular complexity index is 857. The maximum Gasteiger partial charge on any atom is 0.118 e. The van der Waals surface area contributed by atoms with Gasteiger partial charge in [0.2, 0.25) is 0 Å². The van der Waals surface area contributed by atoms with Crippen LogP contribution in [0.4, 0.5) is 0 Å². The first-order valence-electron chi connectivity index (χ1n) is 10.8. The standard InChI is InChI=1S/C26H33Br2IO/c1-17-6-5-12-25(2,3)21(17)11-13-26(4)22(18(16-29)7-10-24(26)28)15-19-14-20(27)8-9-23(19)30/h5,8-9,12,14,16,21-22,24,30H,1,6-7,10-11,13,15H2,2-4H3. The third kappa shape index (κ3) is 5.11. The van der Waals surface area contributed by atoms with Gasteiger partial charge in [0.15, 0.2) is 0 Å². The van der Waals surface area contributed by atoms with Crippen LogP contribution in [0.2, 0.25) is 0 Å². The maximum atomic E-state index is 10.5. The fraction of sp³-hybridized carbons (Fsp3) is 0.538. The van der Waals surface area contributed by atoms with E-state index in [2.05, 4.69) is 104 Å². The molecule has 164 valence electrons. The Morgan fingerprint density at radius 2 is 2.00 bits per heavy atom. The molecule has 1 saturated carbocycles. The van der Waals surface area contributed by atoms with Crippen molar-refractivity contribution >= 4 is 54.5 Å². The molecule has 0 aliphatic heterocycles. The molecule has 0 aromatic heterocycles. The number of phenols is 1. The SMILES string of the molecule is C=C1CC=CC(C)(C)C1CCC1(C)C(Br)CCC(=CI)C1Cc1cc(Br)ccc1O. The van der Waals surface area contributed by atoms with Crippen molar-refractivity contribution in [3.63, 3.8) is 0 Å². The van der Waals surface area contributed by atoms with E-state index in [-0.39, 0.29) is 10.8 Å². The zero-order valence-electron chi connectivity index (χ0n) is 18.2. The van der Waals surface area contributed by atoms with E-state index in [1.165, 1.54) is 17.6 Å². The lowest BCUT2D eigenvalue weighted by molar-refractivity contribution is 0.136. The van der Waals surface area contributed by atoms with Crippen LogP contribution in [-0.2, 0) is 6.42 Å². The molecule has 4 unspecified atom stereocenters. The molecular formula is C26H33Br2IO. The van der Waals surface area contributed by atoms with Crippen LogP contribution < -0.4 is 0 Å². The molecule has 2 aliphatic rings. The molecule has 0 heterocycles. The van der Waals surface area contributed by atoms with E-state index in [1.807, 2.05) is 6.07 Å². The Balaban J connectivity index is 1.90. The highest BCUT2D eigenvalue weighted by atomic mass is 127. The number of allylic oxidation sites excluding steroid dienone is 4. The number of phenolic OH excluding ortho intramolecular Hbond substituents is 1. The van der Waals surface area contributed by atoms with Crippen LogP contribution in [0.25, 0.3) is 0 Å². The molecule has 2 aliphatic carbocycles. The van der Waals surface area contributed by atoms with Gasteiger partial charge in [-0.05, 0) is 89.0 Å². The van der Waals surface area contributed by atoms with Crippen LogP contribution >= 0.6 is 54.5 Å². The van der Waals surface area contributed by atoms with Crippen molar-refractivity contribution in [2.45, 2.75) is 64.1 Å². The minimum absolute atomic E-state index is 0.127. The summed E-state index contributed by atoms with van der Waals surface area (Å²) in [7, 11) is 0. The summed E-state index contributed by atoms with van der Waals surface area (Å²) in [6, 6.07) is 5.79. The zero-order valence-corrected chi connectivity index (χ0v) is 23.6. The molecule has 3 rings (SSSR count). The summed E-state index contributed by atoms with van der Waals surface area (Å²) in [5.41, 5.74) is 4.22. The number of rotatable bonds is 5. The van der Waals surface area contributed by atoms with Gasteiger partial charge in [-0.25, -0.2) is 0 Å². The average molecular weight is 648 g/mol. The van der Waals surface area contributed by atoms with Crippen molar-refractivity contribution in [3.05, 3.63) is 62.2 Å². The van der Waals surface area contributed by atoms with Crippen LogP contribution in [0, 0.1) is 22.7 Å². The molecule has 4 atom stereocenters. The fourth-order valence-electron chi connectivity index (χ4n) is 5.53. The van der Waals surface area contributed by atoms with Crippen molar-refractivity contribution in [1.82, 2.24) is 0 Å². The average Bonchev–Trinajstić information content (AvgIpc) is 2.68. The summed E-state index contributed by atoms with van der Waals surface area (Å²) in [4.78, 5) is 0.472. The fourth-order valence-corrected chi connectivity index (χ4v) is 7.46. The van der Waals surface area contributed by atoms with Crippen molar-refractivity contribution in [2.75, 3.05) is 0 Å². The van der Waals surface area contributed by atoms with Crippen LogP contribution in [0.15, 0.2) is 56.6 Å². The third-order valence-corrected chi connectivity index (χ3v) is 10.3. The molecular weight excluding hydrogens is 615 g/mol. The summed E-state index contributed by atoms with van der Waals surface area (Å²) in [5, 5.41) is 10.5. The van der Waals surface area contributed by atoms with Crippen molar-refractivity contribution in [1.29, 1.82) is 0 Å². The van der Waals surface area contributed by atoms with Gasteiger partial charge in [0.1, 0.15) is 5.75 Å². The van der Waals surface area contributed by atoms with Gasteiger partial charge in [-0.15, -0.1) is 0 Å². The Morgan fingerprint density at radius 1 is 1.27 bits per heavy atom. The highest BCUT2D eigenvalue weighted by Gasteiger charge is 2.46. The summed E-state index contributed by atoms with van der Waals surface area (Å²) >= 11 is 10.1. The van der Waals surface area contributed by atoms with E-state index in [1.54, 1.807) is 6.07 Å². The Hall–Kier alpha value is -0.0700. The highest BCUT2D eigenvalue weighted by Crippen LogP contribution is 2.54. The van der Waals surface area contributed by atoms with Crippen molar-refractivity contribution in [2.24, 2.45) is 22.7 Å². The molecule has 0 bridgehead atoms. The first kappa shape index (κ1) is 24.6.